The van der Waals surface area contributed by atoms with Gasteiger partial charge in [0.25, 0.3) is 0 Å². The first kappa shape index (κ1) is 11.7. The maximum Gasteiger partial charge on any atom is 0.0730 e. The van der Waals surface area contributed by atoms with Crippen molar-refractivity contribution >= 4 is 0 Å². The Morgan fingerprint density at radius 2 is 2.06 bits per heavy atom. The van der Waals surface area contributed by atoms with Gasteiger partial charge in [-0.2, -0.15) is 0 Å². The molecule has 4 rings (SSSR count). The Hall–Kier alpha value is -0.120. The summed E-state index contributed by atoms with van der Waals surface area (Å²) < 4.78 is 5.92. The van der Waals surface area contributed by atoms with Crippen molar-refractivity contribution in [3.8, 4) is 0 Å². The summed E-state index contributed by atoms with van der Waals surface area (Å²) in [6.07, 6.45) is 9.01. The fraction of sp³-hybridized carbons (Fsp3) is 1.00. The van der Waals surface area contributed by atoms with Gasteiger partial charge in [-0.1, -0.05) is 6.42 Å². The van der Waals surface area contributed by atoms with E-state index in [-0.39, 0.29) is 0 Å². The maximum absolute atomic E-state index is 5.92. The molecule has 4 fully saturated rings. The molecule has 1 N–H and O–H groups in total. The van der Waals surface area contributed by atoms with E-state index in [1.165, 1.54) is 51.6 Å². The standard InChI is InChI=1S/C15H26N2O/c1-3-11-9-16-13(12(11)4-1)10-17-7-8-18-15-6-2-5-14(15)17/h11-16H,1-10H2. The first-order valence-corrected chi connectivity index (χ1v) is 8.01. The van der Waals surface area contributed by atoms with E-state index in [9.17, 15) is 0 Å². The van der Waals surface area contributed by atoms with Crippen LogP contribution in [0.15, 0.2) is 0 Å². The molecule has 2 saturated carbocycles. The highest BCUT2D eigenvalue weighted by atomic mass is 16.5. The van der Waals surface area contributed by atoms with E-state index in [0.29, 0.717) is 6.10 Å². The van der Waals surface area contributed by atoms with E-state index in [1.54, 1.807) is 0 Å². The van der Waals surface area contributed by atoms with Crippen LogP contribution in [0.1, 0.15) is 38.5 Å². The molecule has 5 unspecified atom stereocenters. The zero-order valence-electron chi connectivity index (χ0n) is 11.3. The molecule has 2 aliphatic heterocycles. The van der Waals surface area contributed by atoms with Crippen molar-refractivity contribution in [1.29, 1.82) is 0 Å². The van der Waals surface area contributed by atoms with E-state index in [4.69, 9.17) is 4.74 Å². The van der Waals surface area contributed by atoms with Gasteiger partial charge in [-0.15, -0.1) is 0 Å². The Bertz CT molecular complexity index is 309. The van der Waals surface area contributed by atoms with E-state index in [1.807, 2.05) is 0 Å². The lowest BCUT2D eigenvalue weighted by Gasteiger charge is -2.39. The molecule has 3 nitrogen and oxygen atoms in total. The fourth-order valence-corrected chi connectivity index (χ4v) is 4.99. The highest BCUT2D eigenvalue weighted by Crippen LogP contribution is 2.39. The quantitative estimate of drug-likeness (QED) is 0.806. The van der Waals surface area contributed by atoms with Gasteiger partial charge >= 0.3 is 0 Å². The van der Waals surface area contributed by atoms with Gasteiger partial charge in [0.15, 0.2) is 0 Å². The van der Waals surface area contributed by atoms with Gasteiger partial charge in [0.1, 0.15) is 0 Å². The van der Waals surface area contributed by atoms with Crippen LogP contribution in [0.25, 0.3) is 0 Å². The molecule has 3 heteroatoms. The van der Waals surface area contributed by atoms with Crippen molar-refractivity contribution in [2.24, 2.45) is 11.8 Å². The summed E-state index contributed by atoms with van der Waals surface area (Å²) in [7, 11) is 0. The Labute approximate surface area is 110 Å². The number of hydrogen-bond acceptors (Lipinski definition) is 3. The van der Waals surface area contributed by atoms with Gasteiger partial charge in [-0.05, 0) is 50.5 Å². The van der Waals surface area contributed by atoms with Crippen LogP contribution in [0, 0.1) is 11.8 Å². The van der Waals surface area contributed by atoms with Crippen molar-refractivity contribution in [3.63, 3.8) is 0 Å². The topological polar surface area (TPSA) is 24.5 Å². The molecule has 0 bridgehead atoms. The van der Waals surface area contributed by atoms with Crippen LogP contribution in [-0.2, 0) is 4.74 Å². The molecule has 2 aliphatic carbocycles. The largest absolute Gasteiger partial charge is 0.375 e. The number of hydrogen-bond donors (Lipinski definition) is 1. The zero-order valence-corrected chi connectivity index (χ0v) is 11.3. The molecule has 102 valence electrons. The first-order chi connectivity index (χ1) is 8.92. The molecule has 0 aromatic heterocycles. The molecule has 4 aliphatic rings. The SMILES string of the molecule is C1CC2CNC(CN3CCOC4CCCC43)C2C1. The molecule has 0 radical (unpaired) electrons. The summed E-state index contributed by atoms with van der Waals surface area (Å²) >= 11 is 0. The summed E-state index contributed by atoms with van der Waals surface area (Å²) in [6, 6.07) is 1.51. The summed E-state index contributed by atoms with van der Waals surface area (Å²) in [4.78, 5) is 2.75. The molecule has 0 amide bonds. The van der Waals surface area contributed by atoms with Crippen molar-refractivity contribution in [2.45, 2.75) is 56.7 Å². The van der Waals surface area contributed by atoms with E-state index >= 15 is 0 Å². The summed E-state index contributed by atoms with van der Waals surface area (Å²) in [6.45, 7) is 4.69. The molecule has 5 atom stereocenters. The maximum atomic E-state index is 5.92. The molecular formula is C15H26N2O. The van der Waals surface area contributed by atoms with Crippen LogP contribution in [0.3, 0.4) is 0 Å². The van der Waals surface area contributed by atoms with Crippen LogP contribution in [0.4, 0.5) is 0 Å². The van der Waals surface area contributed by atoms with Crippen molar-refractivity contribution in [2.75, 3.05) is 26.2 Å². The van der Waals surface area contributed by atoms with Crippen molar-refractivity contribution in [3.05, 3.63) is 0 Å². The Morgan fingerprint density at radius 1 is 1.11 bits per heavy atom. The average molecular weight is 250 g/mol. The molecule has 0 aromatic rings. The van der Waals surface area contributed by atoms with Gasteiger partial charge in [-0.25, -0.2) is 0 Å². The second-order valence-corrected chi connectivity index (χ2v) is 6.77. The van der Waals surface area contributed by atoms with E-state index < -0.39 is 0 Å². The Balaban J connectivity index is 1.41. The van der Waals surface area contributed by atoms with Crippen LogP contribution >= 0.6 is 0 Å². The minimum atomic E-state index is 0.555. The lowest BCUT2D eigenvalue weighted by atomic mass is 9.93. The van der Waals surface area contributed by atoms with Gasteiger partial charge in [0.2, 0.25) is 0 Å². The number of nitrogens with zero attached hydrogens (tertiary/aromatic N) is 1. The number of nitrogens with one attached hydrogen (secondary N) is 1. The molecule has 18 heavy (non-hydrogen) atoms. The number of morpholine rings is 1. The number of ether oxygens (including phenoxy) is 1. The van der Waals surface area contributed by atoms with Crippen molar-refractivity contribution in [1.82, 2.24) is 10.2 Å². The van der Waals surface area contributed by atoms with Gasteiger partial charge in [-0.3, -0.25) is 4.90 Å². The van der Waals surface area contributed by atoms with Crippen LogP contribution in [0.2, 0.25) is 0 Å². The molecule has 0 spiro atoms. The monoisotopic (exact) mass is 250 g/mol. The predicted octanol–water partition coefficient (Wildman–Crippen LogP) is 1.63. The summed E-state index contributed by atoms with van der Waals surface area (Å²) in [5.74, 6) is 1.98. The van der Waals surface area contributed by atoms with Gasteiger partial charge in [0.05, 0.1) is 12.7 Å². The normalized spacial score (nSPS) is 48.3. The zero-order chi connectivity index (χ0) is 11.9. The predicted molar refractivity (Wildman–Crippen MR) is 71.6 cm³/mol. The van der Waals surface area contributed by atoms with E-state index in [2.05, 4.69) is 10.2 Å². The van der Waals surface area contributed by atoms with Crippen molar-refractivity contribution < 1.29 is 4.74 Å². The number of rotatable bonds is 2. The molecular weight excluding hydrogens is 224 g/mol. The van der Waals surface area contributed by atoms with E-state index in [0.717, 1.165) is 37.1 Å². The minimum absolute atomic E-state index is 0.555. The molecule has 0 aromatic carbocycles. The smallest absolute Gasteiger partial charge is 0.0730 e. The third-order valence-electron chi connectivity index (χ3n) is 5.91. The van der Waals surface area contributed by atoms with Crippen LogP contribution in [-0.4, -0.2) is 49.3 Å². The number of fused-ring (bicyclic) bond motifs is 2. The third-order valence-corrected chi connectivity index (χ3v) is 5.91. The lowest BCUT2D eigenvalue weighted by Crippen LogP contribution is -2.53. The first-order valence-electron chi connectivity index (χ1n) is 8.01. The van der Waals surface area contributed by atoms with Crippen LogP contribution < -0.4 is 5.32 Å². The van der Waals surface area contributed by atoms with Gasteiger partial charge in [0, 0.05) is 25.2 Å². The second-order valence-electron chi connectivity index (χ2n) is 6.77. The highest BCUT2D eigenvalue weighted by Gasteiger charge is 2.42. The minimum Gasteiger partial charge on any atom is -0.375 e. The fourth-order valence-electron chi connectivity index (χ4n) is 4.99. The Kier molecular flexibility index (Phi) is 3.10. The molecule has 2 heterocycles. The summed E-state index contributed by atoms with van der Waals surface area (Å²) in [5.41, 5.74) is 0. The molecule has 2 saturated heterocycles. The summed E-state index contributed by atoms with van der Waals surface area (Å²) in [5, 5.41) is 3.80. The highest BCUT2D eigenvalue weighted by molar-refractivity contribution is 4.98. The average Bonchev–Trinajstić information content (AvgIpc) is 3.06. The Morgan fingerprint density at radius 3 is 3.06 bits per heavy atom. The van der Waals surface area contributed by atoms with Gasteiger partial charge < -0.3 is 10.1 Å². The van der Waals surface area contributed by atoms with Crippen LogP contribution in [0.5, 0.6) is 0 Å². The second kappa shape index (κ2) is 4.77. The lowest BCUT2D eigenvalue weighted by molar-refractivity contribution is -0.0589. The third kappa shape index (κ3) is 1.91.